The lowest BCUT2D eigenvalue weighted by Gasteiger charge is -2.11. The van der Waals surface area contributed by atoms with E-state index in [1.165, 1.54) is 24.3 Å². The normalized spacial score (nSPS) is 13.0. The number of nitrogens with one attached hydrogen (secondary N) is 1. The molecule has 4 nitrogen and oxygen atoms in total. The molecule has 0 heterocycles. The molecule has 0 saturated carbocycles. The minimum atomic E-state index is -3.78. The van der Waals surface area contributed by atoms with Crippen LogP contribution in [-0.4, -0.2) is 8.42 Å². The molecular formula is C14H14BrFN2O2S. The zero-order valence-electron chi connectivity index (χ0n) is 11.2. The maximum Gasteiger partial charge on any atom is 0.261 e. The summed E-state index contributed by atoms with van der Waals surface area (Å²) in [7, 11) is -3.78. The first kappa shape index (κ1) is 15.9. The van der Waals surface area contributed by atoms with Crippen LogP contribution in [0.4, 0.5) is 10.1 Å². The fourth-order valence-corrected chi connectivity index (χ4v) is 3.28. The average molecular weight is 373 g/mol. The molecular weight excluding hydrogens is 359 g/mol. The first-order valence-electron chi connectivity index (χ1n) is 6.13. The van der Waals surface area contributed by atoms with E-state index in [2.05, 4.69) is 20.7 Å². The highest BCUT2D eigenvalue weighted by atomic mass is 79.9. The molecule has 2 aromatic carbocycles. The van der Waals surface area contributed by atoms with E-state index in [-0.39, 0.29) is 16.6 Å². The summed E-state index contributed by atoms with van der Waals surface area (Å²) >= 11 is 3.18. The van der Waals surface area contributed by atoms with Gasteiger partial charge >= 0.3 is 0 Å². The Bertz CT molecular complexity index is 746. The van der Waals surface area contributed by atoms with Gasteiger partial charge in [0.25, 0.3) is 10.0 Å². The van der Waals surface area contributed by atoms with E-state index >= 15 is 0 Å². The first-order chi connectivity index (χ1) is 9.79. The van der Waals surface area contributed by atoms with Gasteiger partial charge in [-0.1, -0.05) is 12.1 Å². The molecule has 112 valence electrons. The van der Waals surface area contributed by atoms with Crippen molar-refractivity contribution in [1.82, 2.24) is 0 Å². The van der Waals surface area contributed by atoms with Crippen molar-refractivity contribution in [3.8, 4) is 0 Å². The second-order valence-corrected chi connectivity index (χ2v) is 7.12. The van der Waals surface area contributed by atoms with Crippen LogP contribution in [0.3, 0.4) is 0 Å². The summed E-state index contributed by atoms with van der Waals surface area (Å²) in [6.45, 7) is 1.81. The Morgan fingerprint density at radius 1 is 1.19 bits per heavy atom. The standard InChI is InChI=1S/C14H14BrFN2O2S/c1-9(17)10-2-5-12(6-3-10)21(19,20)18-14-8-11(16)4-7-13(14)15/h2-9,18H,17H2,1H3. The maximum atomic E-state index is 13.2. The van der Waals surface area contributed by atoms with Gasteiger partial charge in [0.2, 0.25) is 0 Å². The third-order valence-electron chi connectivity index (χ3n) is 2.89. The zero-order valence-corrected chi connectivity index (χ0v) is 13.6. The van der Waals surface area contributed by atoms with Gasteiger partial charge in [-0.15, -0.1) is 0 Å². The van der Waals surface area contributed by atoms with E-state index in [1.807, 2.05) is 6.92 Å². The fraction of sp³-hybridized carbons (Fsp3) is 0.143. The predicted octanol–water partition coefficient (Wildman–Crippen LogP) is 3.41. The number of benzene rings is 2. The Morgan fingerprint density at radius 3 is 2.38 bits per heavy atom. The SMILES string of the molecule is CC(N)c1ccc(S(=O)(=O)Nc2cc(F)ccc2Br)cc1. The summed E-state index contributed by atoms with van der Waals surface area (Å²) in [5.41, 5.74) is 6.70. The van der Waals surface area contributed by atoms with Crippen molar-refractivity contribution in [1.29, 1.82) is 0 Å². The van der Waals surface area contributed by atoms with E-state index in [0.29, 0.717) is 4.47 Å². The van der Waals surface area contributed by atoms with Crippen molar-refractivity contribution in [3.05, 3.63) is 58.3 Å². The molecule has 0 bridgehead atoms. The molecule has 0 fully saturated rings. The molecule has 0 aliphatic carbocycles. The largest absolute Gasteiger partial charge is 0.324 e. The van der Waals surface area contributed by atoms with E-state index in [9.17, 15) is 12.8 Å². The lowest BCUT2D eigenvalue weighted by atomic mass is 10.1. The number of rotatable bonds is 4. The molecule has 2 rings (SSSR count). The molecule has 0 radical (unpaired) electrons. The molecule has 0 aliphatic rings. The predicted molar refractivity (Wildman–Crippen MR) is 84.0 cm³/mol. The summed E-state index contributed by atoms with van der Waals surface area (Å²) in [5.74, 6) is -0.525. The smallest absolute Gasteiger partial charge is 0.261 e. The number of halogens is 2. The van der Waals surface area contributed by atoms with Crippen LogP contribution >= 0.6 is 15.9 Å². The highest BCUT2D eigenvalue weighted by Gasteiger charge is 2.16. The van der Waals surface area contributed by atoms with Gasteiger partial charge in [-0.25, -0.2) is 12.8 Å². The third-order valence-corrected chi connectivity index (χ3v) is 4.96. The minimum absolute atomic E-state index is 0.0862. The van der Waals surface area contributed by atoms with Crippen LogP contribution in [0.5, 0.6) is 0 Å². The summed E-state index contributed by atoms with van der Waals surface area (Å²) in [5, 5.41) is 0. The lowest BCUT2D eigenvalue weighted by Crippen LogP contribution is -2.14. The Labute approximate surface area is 131 Å². The quantitative estimate of drug-likeness (QED) is 0.863. The van der Waals surface area contributed by atoms with Crippen LogP contribution in [0.15, 0.2) is 51.8 Å². The van der Waals surface area contributed by atoms with Gasteiger partial charge in [-0.05, 0) is 58.7 Å². The highest BCUT2D eigenvalue weighted by Crippen LogP contribution is 2.26. The summed E-state index contributed by atoms with van der Waals surface area (Å²) in [6.07, 6.45) is 0. The number of nitrogens with two attached hydrogens (primary N) is 1. The van der Waals surface area contributed by atoms with Gasteiger partial charge in [-0.2, -0.15) is 0 Å². The van der Waals surface area contributed by atoms with Crippen molar-refractivity contribution in [2.24, 2.45) is 5.73 Å². The van der Waals surface area contributed by atoms with Gasteiger partial charge in [0.05, 0.1) is 10.6 Å². The average Bonchev–Trinajstić information content (AvgIpc) is 2.43. The second-order valence-electron chi connectivity index (χ2n) is 4.59. The second kappa shape index (κ2) is 6.13. The molecule has 0 aliphatic heterocycles. The minimum Gasteiger partial charge on any atom is -0.324 e. The van der Waals surface area contributed by atoms with Crippen LogP contribution < -0.4 is 10.5 Å². The van der Waals surface area contributed by atoms with Crippen molar-refractivity contribution in [3.63, 3.8) is 0 Å². The molecule has 7 heteroatoms. The van der Waals surface area contributed by atoms with Gasteiger partial charge in [-0.3, -0.25) is 4.72 Å². The number of anilines is 1. The molecule has 0 aromatic heterocycles. The molecule has 3 N–H and O–H groups in total. The number of hydrogen-bond acceptors (Lipinski definition) is 3. The molecule has 1 atom stereocenters. The van der Waals surface area contributed by atoms with Gasteiger partial charge in [0, 0.05) is 10.5 Å². The Morgan fingerprint density at radius 2 is 1.81 bits per heavy atom. The third kappa shape index (κ3) is 3.81. The van der Waals surface area contributed by atoms with Gasteiger partial charge in [0.15, 0.2) is 0 Å². The van der Waals surface area contributed by atoms with Crippen LogP contribution in [0.2, 0.25) is 0 Å². The fourth-order valence-electron chi connectivity index (χ4n) is 1.73. The summed E-state index contributed by atoms with van der Waals surface area (Å²) in [6, 6.07) is 9.85. The van der Waals surface area contributed by atoms with E-state index in [0.717, 1.165) is 11.6 Å². The summed E-state index contributed by atoms with van der Waals surface area (Å²) in [4.78, 5) is 0.0862. The van der Waals surface area contributed by atoms with Crippen LogP contribution in [0.25, 0.3) is 0 Å². The molecule has 2 aromatic rings. The van der Waals surface area contributed by atoms with Gasteiger partial charge in [0.1, 0.15) is 5.82 Å². The Kier molecular flexibility index (Phi) is 4.65. The highest BCUT2D eigenvalue weighted by molar-refractivity contribution is 9.10. The Balaban J connectivity index is 2.31. The van der Waals surface area contributed by atoms with Crippen LogP contribution in [0, 0.1) is 5.82 Å². The molecule has 0 amide bonds. The monoisotopic (exact) mass is 372 g/mol. The van der Waals surface area contributed by atoms with Crippen molar-refractivity contribution < 1.29 is 12.8 Å². The topological polar surface area (TPSA) is 72.2 Å². The van der Waals surface area contributed by atoms with Gasteiger partial charge < -0.3 is 5.73 Å². The first-order valence-corrected chi connectivity index (χ1v) is 8.40. The van der Waals surface area contributed by atoms with Crippen molar-refractivity contribution in [2.75, 3.05) is 4.72 Å². The van der Waals surface area contributed by atoms with E-state index in [4.69, 9.17) is 5.73 Å². The van der Waals surface area contributed by atoms with Crippen molar-refractivity contribution >= 4 is 31.6 Å². The van der Waals surface area contributed by atoms with Crippen molar-refractivity contribution in [2.45, 2.75) is 17.9 Å². The molecule has 0 saturated heterocycles. The van der Waals surface area contributed by atoms with Crippen LogP contribution in [-0.2, 0) is 10.0 Å². The molecule has 0 spiro atoms. The number of sulfonamides is 1. The zero-order chi connectivity index (χ0) is 15.6. The maximum absolute atomic E-state index is 13.2. The molecule has 21 heavy (non-hydrogen) atoms. The van der Waals surface area contributed by atoms with Crippen LogP contribution in [0.1, 0.15) is 18.5 Å². The van der Waals surface area contributed by atoms with E-state index in [1.54, 1.807) is 12.1 Å². The Hall–Kier alpha value is -1.44. The summed E-state index contributed by atoms with van der Waals surface area (Å²) < 4.78 is 40.5. The molecule has 1 unspecified atom stereocenters. The van der Waals surface area contributed by atoms with E-state index < -0.39 is 15.8 Å². The lowest BCUT2D eigenvalue weighted by molar-refractivity contribution is 0.601. The number of hydrogen-bond donors (Lipinski definition) is 2.